The number of hydrogen-bond acceptors (Lipinski definition) is 4. The smallest absolute Gasteiger partial charge is 0.257 e. The zero-order valence-corrected chi connectivity index (χ0v) is 20.1. The molecule has 7 heteroatoms. The number of piperidine rings is 1. The van der Waals surface area contributed by atoms with Crippen molar-refractivity contribution in [3.05, 3.63) is 89.5 Å². The number of likely N-dealkylation sites (tertiary alicyclic amines) is 1. The summed E-state index contributed by atoms with van der Waals surface area (Å²) in [5, 5.41) is 6.66. The van der Waals surface area contributed by atoms with Crippen LogP contribution in [0.25, 0.3) is 22.2 Å². The summed E-state index contributed by atoms with van der Waals surface area (Å²) in [5.74, 6) is -0.0580. The average Bonchev–Trinajstić information content (AvgIpc) is 3.46. The quantitative estimate of drug-likeness (QED) is 0.329. The van der Waals surface area contributed by atoms with Crippen molar-refractivity contribution < 1.29 is 9.18 Å². The minimum absolute atomic E-state index is 0.224. The van der Waals surface area contributed by atoms with E-state index < -0.39 is 0 Å². The number of nitrogens with zero attached hydrogens (tertiary/aromatic N) is 2. The van der Waals surface area contributed by atoms with Gasteiger partial charge in [0.1, 0.15) is 11.6 Å². The molecule has 3 heterocycles. The van der Waals surface area contributed by atoms with E-state index >= 15 is 0 Å². The van der Waals surface area contributed by atoms with Crippen LogP contribution < -0.4 is 10.6 Å². The Kier molecular flexibility index (Phi) is 5.77. The monoisotopic (exact) mass is 481 g/mol. The van der Waals surface area contributed by atoms with Gasteiger partial charge in [-0.25, -0.2) is 9.37 Å². The number of carbonyl (C=O) groups excluding carboxylic acids is 1. The molecule has 3 aromatic carbocycles. The Bertz CT molecular complexity index is 1450. The third-order valence-electron chi connectivity index (χ3n) is 7.16. The van der Waals surface area contributed by atoms with Crippen LogP contribution in [0.5, 0.6) is 0 Å². The first-order valence-corrected chi connectivity index (χ1v) is 12.5. The molecule has 6 rings (SSSR count). The molecule has 4 aromatic rings. The third-order valence-corrected chi connectivity index (χ3v) is 7.16. The van der Waals surface area contributed by atoms with E-state index in [1.807, 2.05) is 48.5 Å². The molecule has 0 unspecified atom stereocenters. The Labute approximate surface area is 209 Å². The number of carbonyl (C=O) groups is 1. The normalized spacial score (nSPS) is 17.8. The lowest BCUT2D eigenvalue weighted by Gasteiger charge is -2.32. The highest BCUT2D eigenvalue weighted by Gasteiger charge is 2.31. The molecule has 0 spiro atoms. The van der Waals surface area contributed by atoms with Crippen molar-refractivity contribution in [1.82, 2.24) is 14.9 Å². The number of nitrogens with one attached hydrogen (secondary N) is 3. The number of halogens is 1. The largest absolute Gasteiger partial charge is 0.382 e. The zero-order valence-electron chi connectivity index (χ0n) is 20.1. The predicted octanol–water partition coefficient (Wildman–Crippen LogP) is 5.51. The number of aromatic amines is 1. The molecule has 36 heavy (non-hydrogen) atoms. The maximum absolute atomic E-state index is 14.3. The number of benzene rings is 3. The summed E-state index contributed by atoms with van der Waals surface area (Å²) < 4.78 is 14.3. The fourth-order valence-electron chi connectivity index (χ4n) is 5.25. The van der Waals surface area contributed by atoms with Gasteiger partial charge in [0, 0.05) is 41.6 Å². The lowest BCUT2D eigenvalue weighted by Crippen LogP contribution is -2.38. The number of amides is 1. The molecule has 182 valence electrons. The minimum atomic E-state index is -0.367. The van der Waals surface area contributed by atoms with E-state index in [1.54, 1.807) is 6.07 Å². The first-order chi connectivity index (χ1) is 17.6. The Balaban J connectivity index is 1.46. The zero-order chi connectivity index (χ0) is 24.6. The molecule has 2 aliphatic heterocycles. The van der Waals surface area contributed by atoms with Gasteiger partial charge in [0.2, 0.25) is 0 Å². The number of anilines is 2. The second kappa shape index (κ2) is 9.24. The second-order valence-corrected chi connectivity index (χ2v) is 9.43. The molecule has 1 saturated heterocycles. The molecule has 1 fully saturated rings. The van der Waals surface area contributed by atoms with E-state index in [-0.39, 0.29) is 11.7 Å². The van der Waals surface area contributed by atoms with Crippen molar-refractivity contribution in [1.29, 1.82) is 0 Å². The van der Waals surface area contributed by atoms with Gasteiger partial charge in [0.15, 0.2) is 0 Å². The number of fused-ring (bicyclic) bond motifs is 2. The van der Waals surface area contributed by atoms with Crippen molar-refractivity contribution in [2.45, 2.75) is 25.8 Å². The Morgan fingerprint density at radius 2 is 1.92 bits per heavy atom. The van der Waals surface area contributed by atoms with Gasteiger partial charge in [-0.05, 0) is 67.4 Å². The highest BCUT2D eigenvalue weighted by molar-refractivity contribution is 6.38. The first kappa shape index (κ1) is 22.5. The molecule has 3 N–H and O–H groups in total. The number of rotatable bonds is 5. The summed E-state index contributed by atoms with van der Waals surface area (Å²) in [6.07, 6.45) is 2.16. The maximum atomic E-state index is 14.3. The molecular formula is C29H28FN5O. The van der Waals surface area contributed by atoms with Crippen LogP contribution in [-0.2, 0) is 4.79 Å². The van der Waals surface area contributed by atoms with Gasteiger partial charge in [0.25, 0.3) is 5.91 Å². The van der Waals surface area contributed by atoms with E-state index in [2.05, 4.69) is 27.4 Å². The molecule has 0 radical (unpaired) electrons. The van der Waals surface area contributed by atoms with Crippen LogP contribution in [-0.4, -0.2) is 46.5 Å². The van der Waals surface area contributed by atoms with Crippen LogP contribution >= 0.6 is 0 Å². The molecule has 2 aliphatic rings. The fraction of sp³-hybridized carbons (Fsp3) is 0.241. The summed E-state index contributed by atoms with van der Waals surface area (Å²) in [6, 6.07) is 20.4. The van der Waals surface area contributed by atoms with Crippen LogP contribution in [0.2, 0.25) is 0 Å². The summed E-state index contributed by atoms with van der Waals surface area (Å²) >= 11 is 0. The number of imidazole rings is 1. The van der Waals surface area contributed by atoms with Gasteiger partial charge < -0.3 is 20.5 Å². The fourth-order valence-corrected chi connectivity index (χ4v) is 5.25. The Morgan fingerprint density at radius 1 is 1.08 bits per heavy atom. The van der Waals surface area contributed by atoms with Crippen LogP contribution in [0.4, 0.5) is 15.8 Å². The summed E-state index contributed by atoms with van der Waals surface area (Å²) in [6.45, 7) is 5.45. The van der Waals surface area contributed by atoms with Gasteiger partial charge in [0.05, 0.1) is 16.6 Å². The van der Waals surface area contributed by atoms with Crippen molar-refractivity contribution in [3.8, 4) is 0 Å². The van der Waals surface area contributed by atoms with E-state index in [1.165, 1.54) is 12.1 Å². The number of H-pyrrole nitrogens is 1. The van der Waals surface area contributed by atoms with Gasteiger partial charge in [-0.3, -0.25) is 4.79 Å². The van der Waals surface area contributed by atoms with Crippen molar-refractivity contribution in [2.24, 2.45) is 0 Å². The van der Waals surface area contributed by atoms with Crippen molar-refractivity contribution in [2.75, 3.05) is 30.3 Å². The number of hydrogen-bond donors (Lipinski definition) is 3. The van der Waals surface area contributed by atoms with Gasteiger partial charge in [-0.1, -0.05) is 31.2 Å². The highest BCUT2D eigenvalue weighted by atomic mass is 19.1. The molecule has 6 nitrogen and oxygen atoms in total. The van der Waals surface area contributed by atoms with E-state index in [9.17, 15) is 9.18 Å². The molecule has 1 aromatic heterocycles. The third kappa shape index (κ3) is 4.16. The molecule has 0 saturated carbocycles. The summed E-state index contributed by atoms with van der Waals surface area (Å²) in [7, 11) is 0. The minimum Gasteiger partial charge on any atom is -0.382 e. The van der Waals surface area contributed by atoms with Gasteiger partial charge in [-0.15, -0.1) is 0 Å². The predicted molar refractivity (Wildman–Crippen MR) is 142 cm³/mol. The molecule has 0 atom stereocenters. The average molecular weight is 482 g/mol. The standard InChI is InChI=1S/C29H28FN5O/c1-2-35-14-12-20(13-15-35)31-21-10-11-23-22(17-21)27(29(36)34-23)26(18-6-5-7-19(30)16-18)28-32-24-8-3-4-9-25(24)33-28/h3-11,16-17,20,31H,2,12-15H2,1H3,(H,32,33)(H,34,36)/b27-26-. The maximum Gasteiger partial charge on any atom is 0.257 e. The SMILES string of the molecule is CCN1CCC(Nc2ccc3c(c2)/C(=C(\c2cccc(F)c2)c2nc4ccccc4[nH]2)C(=O)N3)CC1. The van der Waals surface area contributed by atoms with Crippen LogP contribution in [0, 0.1) is 5.82 Å². The topological polar surface area (TPSA) is 73.0 Å². The van der Waals surface area contributed by atoms with Crippen molar-refractivity contribution >= 4 is 39.5 Å². The molecule has 0 aliphatic carbocycles. The Hall–Kier alpha value is -3.97. The second-order valence-electron chi connectivity index (χ2n) is 9.43. The Morgan fingerprint density at radius 3 is 2.69 bits per heavy atom. The summed E-state index contributed by atoms with van der Waals surface area (Å²) in [4.78, 5) is 23.9. The lowest BCUT2D eigenvalue weighted by molar-refractivity contribution is -0.110. The molecule has 1 amide bonds. The molecular weight excluding hydrogens is 453 g/mol. The van der Waals surface area contributed by atoms with Crippen LogP contribution in [0.1, 0.15) is 36.7 Å². The van der Waals surface area contributed by atoms with Crippen LogP contribution in [0.3, 0.4) is 0 Å². The summed E-state index contributed by atoms with van der Waals surface area (Å²) in [5.41, 5.74) is 5.80. The van der Waals surface area contributed by atoms with Gasteiger partial charge in [-0.2, -0.15) is 0 Å². The number of aromatic nitrogens is 2. The van der Waals surface area contributed by atoms with Crippen molar-refractivity contribution in [3.63, 3.8) is 0 Å². The number of para-hydroxylation sites is 2. The van der Waals surface area contributed by atoms with E-state index in [4.69, 9.17) is 4.98 Å². The van der Waals surface area contributed by atoms with E-state index in [0.29, 0.717) is 28.6 Å². The molecule has 0 bridgehead atoms. The van der Waals surface area contributed by atoms with Crippen LogP contribution in [0.15, 0.2) is 66.7 Å². The van der Waals surface area contributed by atoms with E-state index in [0.717, 1.165) is 60.4 Å². The van der Waals surface area contributed by atoms with Gasteiger partial charge >= 0.3 is 0 Å². The lowest BCUT2D eigenvalue weighted by atomic mass is 9.94. The highest BCUT2D eigenvalue weighted by Crippen LogP contribution is 2.41. The first-order valence-electron chi connectivity index (χ1n) is 12.5.